The van der Waals surface area contributed by atoms with Crippen molar-refractivity contribution in [2.24, 2.45) is 0 Å². The van der Waals surface area contributed by atoms with Gasteiger partial charge in [0.1, 0.15) is 0 Å². The fourth-order valence-electron chi connectivity index (χ4n) is 0.420. The summed E-state index contributed by atoms with van der Waals surface area (Å²) in [6.07, 6.45) is -0.660. The summed E-state index contributed by atoms with van der Waals surface area (Å²) in [5.74, 6) is 0. The van der Waals surface area contributed by atoms with Gasteiger partial charge in [0.25, 0.3) is 0 Å². The van der Waals surface area contributed by atoms with Crippen LogP contribution in [-0.4, -0.2) is 96.3 Å². The molecule has 0 saturated heterocycles. The van der Waals surface area contributed by atoms with Crippen molar-refractivity contribution in [3.8, 4) is 0 Å². The third kappa shape index (κ3) is 14.8. The number of hydrogen-bond donors (Lipinski definition) is 3. The van der Waals surface area contributed by atoms with Crippen LogP contribution in [0.15, 0.2) is 0 Å². The van der Waals surface area contributed by atoms with E-state index in [2.05, 4.69) is 8.83 Å². The van der Waals surface area contributed by atoms with Gasteiger partial charge >= 0.3 is 91.1 Å². The summed E-state index contributed by atoms with van der Waals surface area (Å²) in [5.41, 5.74) is 0. The minimum absolute atomic E-state index is 0. The molecule has 1 unspecified atom stereocenters. The van der Waals surface area contributed by atoms with Crippen LogP contribution in [0.2, 0.25) is 0 Å². The molecule has 0 aromatic carbocycles. The molecule has 14 heavy (non-hydrogen) atoms. The van der Waals surface area contributed by atoms with Crippen LogP contribution >= 0.6 is 15.6 Å². The number of phosphoric acid groups is 2. The molecule has 0 bridgehead atoms. The molecule has 0 aromatic rings. The molecule has 0 rings (SSSR count). The van der Waals surface area contributed by atoms with Crippen LogP contribution in [-0.2, 0) is 18.0 Å². The van der Waals surface area contributed by atoms with E-state index in [1.54, 1.807) is 0 Å². The fourth-order valence-corrected chi connectivity index (χ4v) is 2.18. The van der Waals surface area contributed by atoms with Crippen LogP contribution in [0.3, 0.4) is 0 Å². The van der Waals surface area contributed by atoms with E-state index in [1.165, 1.54) is 13.8 Å². The van der Waals surface area contributed by atoms with Crippen LogP contribution in [0, 0.1) is 0 Å². The third-order valence-electron chi connectivity index (χ3n) is 0.554. The predicted molar refractivity (Wildman–Crippen MR) is 56.3 cm³/mol. The Morgan fingerprint density at radius 3 is 1.64 bits per heavy atom. The van der Waals surface area contributed by atoms with Crippen LogP contribution in [0.25, 0.3) is 0 Å². The van der Waals surface area contributed by atoms with Gasteiger partial charge in [-0.25, -0.2) is 9.13 Å². The van der Waals surface area contributed by atoms with Crippen molar-refractivity contribution in [2.45, 2.75) is 20.0 Å². The Bertz CT molecular complexity index is 237. The molecule has 11 heteroatoms. The van der Waals surface area contributed by atoms with Crippen molar-refractivity contribution < 1.29 is 32.6 Å². The zero-order chi connectivity index (χ0) is 9.99. The van der Waals surface area contributed by atoms with Crippen molar-refractivity contribution in [2.75, 3.05) is 0 Å². The first kappa shape index (κ1) is 22.0. The van der Waals surface area contributed by atoms with E-state index < -0.39 is 21.7 Å². The zero-order valence-corrected chi connectivity index (χ0v) is 8.24. The second-order valence-electron chi connectivity index (χ2n) is 2.19. The molecule has 0 aliphatic carbocycles. The van der Waals surface area contributed by atoms with E-state index in [1.807, 2.05) is 0 Å². The maximum atomic E-state index is 10.7. The predicted octanol–water partition coefficient (Wildman–Crippen LogP) is -1.21. The zero-order valence-electron chi connectivity index (χ0n) is 6.45. The van der Waals surface area contributed by atoms with E-state index in [0.717, 1.165) is 0 Å². The first-order chi connectivity index (χ1) is 5.12. The topological polar surface area (TPSA) is 113 Å². The fraction of sp³-hybridized carbons (Fsp3) is 1.00. The van der Waals surface area contributed by atoms with Crippen molar-refractivity contribution in [1.82, 2.24) is 0 Å². The molecule has 7 nitrogen and oxygen atoms in total. The van der Waals surface area contributed by atoms with Crippen molar-refractivity contribution in [3.63, 3.8) is 0 Å². The molecule has 0 saturated carbocycles. The summed E-state index contributed by atoms with van der Waals surface area (Å²) in [6, 6.07) is 0. The summed E-state index contributed by atoms with van der Waals surface area (Å²) in [4.78, 5) is 24.9. The molecular weight excluding hydrogens is 290 g/mol. The van der Waals surface area contributed by atoms with Crippen molar-refractivity contribution >= 4 is 91.1 Å². The van der Waals surface area contributed by atoms with Gasteiger partial charge in [0.15, 0.2) is 0 Å². The average molecular weight is 304 g/mol. The van der Waals surface area contributed by atoms with Crippen LogP contribution in [0.1, 0.15) is 13.8 Å². The van der Waals surface area contributed by atoms with Crippen LogP contribution in [0.5, 0.6) is 0 Å². The van der Waals surface area contributed by atoms with Gasteiger partial charge in [-0.1, -0.05) is 0 Å². The molecule has 1 atom stereocenters. The Hall–Kier alpha value is 2.78. The summed E-state index contributed by atoms with van der Waals surface area (Å²) < 4.78 is 28.4. The Morgan fingerprint density at radius 2 is 1.43 bits per heavy atom. The third-order valence-corrected chi connectivity index (χ3v) is 2.92. The van der Waals surface area contributed by atoms with Gasteiger partial charge in [-0.3, -0.25) is 4.52 Å². The molecule has 0 amide bonds. The molecular formula is C3H14Ca2O7P2. The first-order valence-electron chi connectivity index (χ1n) is 2.90. The Balaban J connectivity index is -0.000000605. The quantitative estimate of drug-likeness (QED) is 0.441. The van der Waals surface area contributed by atoms with Gasteiger partial charge in [-0.15, -0.1) is 0 Å². The molecule has 82 valence electrons. The molecule has 0 spiro atoms. The second-order valence-corrected chi connectivity index (χ2v) is 4.98. The van der Waals surface area contributed by atoms with Crippen LogP contribution in [0.4, 0.5) is 0 Å². The van der Waals surface area contributed by atoms with Gasteiger partial charge in [-0.05, 0) is 13.8 Å². The minimum atomic E-state index is -4.98. The average Bonchev–Trinajstić information content (AvgIpc) is 1.48. The number of phosphoric ester groups is 1. The molecule has 0 aliphatic rings. The number of rotatable bonds is 4. The SMILES string of the molecule is CC(C)OP(=O)(O)OP(=O)(O)O.[CaH2].[CaH2]. The van der Waals surface area contributed by atoms with Gasteiger partial charge < -0.3 is 14.7 Å². The summed E-state index contributed by atoms with van der Waals surface area (Å²) >= 11 is 0. The first-order valence-corrected chi connectivity index (χ1v) is 5.93. The van der Waals surface area contributed by atoms with E-state index in [4.69, 9.17) is 14.7 Å². The molecule has 0 aromatic heterocycles. The monoisotopic (exact) mass is 304 g/mol. The van der Waals surface area contributed by atoms with Crippen molar-refractivity contribution in [1.29, 1.82) is 0 Å². The summed E-state index contributed by atoms with van der Waals surface area (Å²) in [5, 5.41) is 0. The molecule has 0 heterocycles. The molecule has 3 N–H and O–H groups in total. The maximum absolute atomic E-state index is 10.7. The molecule has 0 aliphatic heterocycles. The van der Waals surface area contributed by atoms with E-state index in [-0.39, 0.29) is 75.5 Å². The van der Waals surface area contributed by atoms with Gasteiger partial charge in [-0.2, -0.15) is 4.31 Å². The van der Waals surface area contributed by atoms with Crippen LogP contribution < -0.4 is 0 Å². The van der Waals surface area contributed by atoms with Gasteiger partial charge in [0, 0.05) is 0 Å². The van der Waals surface area contributed by atoms with E-state index in [0.29, 0.717) is 0 Å². The van der Waals surface area contributed by atoms with Gasteiger partial charge in [0.05, 0.1) is 6.10 Å². The van der Waals surface area contributed by atoms with E-state index in [9.17, 15) is 9.13 Å². The Kier molecular flexibility index (Phi) is 13.8. The van der Waals surface area contributed by atoms with E-state index >= 15 is 0 Å². The summed E-state index contributed by atoms with van der Waals surface area (Å²) in [6.45, 7) is 2.85. The second kappa shape index (κ2) is 8.81. The molecule has 0 radical (unpaired) electrons. The van der Waals surface area contributed by atoms with Crippen molar-refractivity contribution in [3.05, 3.63) is 0 Å². The standard InChI is InChI=1S/C3H10O7P2.2Ca.4H/c1-3(2)9-12(7,8)10-11(4,5)6;;;;;;/h3H,1-2H3,(H,7,8)(H2,4,5,6);;;;;;. The normalized spacial score (nSPS) is 15.3. The Morgan fingerprint density at radius 1 is 1.07 bits per heavy atom. The van der Waals surface area contributed by atoms with Gasteiger partial charge in [0.2, 0.25) is 0 Å². The molecule has 0 fully saturated rings. The summed E-state index contributed by atoms with van der Waals surface area (Å²) in [7, 11) is -9.61. The number of hydrogen-bond acceptors (Lipinski definition) is 4. The Labute approximate surface area is 141 Å².